The van der Waals surface area contributed by atoms with Gasteiger partial charge in [0.25, 0.3) is 0 Å². The number of rotatable bonds is 3. The summed E-state index contributed by atoms with van der Waals surface area (Å²) in [6, 6.07) is 8.40. The van der Waals surface area contributed by atoms with Gasteiger partial charge in [0.05, 0.1) is 11.6 Å². The Morgan fingerprint density at radius 3 is 1.82 bits per heavy atom. The molecule has 0 heterocycles. The predicted molar refractivity (Wildman–Crippen MR) is 73.2 cm³/mol. The summed E-state index contributed by atoms with van der Waals surface area (Å²) in [5, 5.41) is 0. The standard InChI is InChI=1S/C15H25NO/c1-14(2,3)12-9-7-11(8-10-12)13(16)15(4,5)17-6/h7-10,13H,16H2,1-6H3. The summed E-state index contributed by atoms with van der Waals surface area (Å²) < 4.78 is 5.43. The summed E-state index contributed by atoms with van der Waals surface area (Å²) in [6.45, 7) is 10.6. The second-order valence-electron chi connectivity index (χ2n) is 6.16. The first-order valence-electron chi connectivity index (χ1n) is 6.09. The minimum atomic E-state index is -0.344. The Balaban J connectivity index is 2.96. The van der Waals surface area contributed by atoms with Gasteiger partial charge in [0.1, 0.15) is 0 Å². The van der Waals surface area contributed by atoms with E-state index in [9.17, 15) is 0 Å². The quantitative estimate of drug-likeness (QED) is 0.871. The van der Waals surface area contributed by atoms with Gasteiger partial charge in [-0.2, -0.15) is 0 Å². The zero-order chi connectivity index (χ0) is 13.3. The van der Waals surface area contributed by atoms with Gasteiger partial charge >= 0.3 is 0 Å². The van der Waals surface area contributed by atoms with Gasteiger partial charge in [-0.25, -0.2) is 0 Å². The maximum absolute atomic E-state index is 6.22. The van der Waals surface area contributed by atoms with Crippen LogP contribution in [0.2, 0.25) is 0 Å². The van der Waals surface area contributed by atoms with Gasteiger partial charge in [-0.05, 0) is 30.4 Å². The maximum atomic E-state index is 6.22. The smallest absolute Gasteiger partial charge is 0.0814 e. The Hall–Kier alpha value is -0.860. The summed E-state index contributed by atoms with van der Waals surface area (Å²) in [6.07, 6.45) is 0. The minimum absolute atomic E-state index is 0.110. The van der Waals surface area contributed by atoms with Crippen LogP contribution in [0.3, 0.4) is 0 Å². The molecular formula is C15H25NO. The molecule has 0 aromatic heterocycles. The van der Waals surface area contributed by atoms with Crippen molar-refractivity contribution in [1.29, 1.82) is 0 Å². The lowest BCUT2D eigenvalue weighted by Crippen LogP contribution is -2.37. The van der Waals surface area contributed by atoms with Crippen LogP contribution < -0.4 is 5.73 Å². The number of methoxy groups -OCH3 is 1. The Bertz CT molecular complexity index is 360. The van der Waals surface area contributed by atoms with Crippen LogP contribution in [0.5, 0.6) is 0 Å². The molecule has 2 N–H and O–H groups in total. The minimum Gasteiger partial charge on any atom is -0.377 e. The van der Waals surface area contributed by atoms with E-state index in [1.807, 2.05) is 13.8 Å². The molecule has 1 aromatic carbocycles. The van der Waals surface area contributed by atoms with Crippen molar-refractivity contribution in [2.45, 2.75) is 51.7 Å². The molecule has 17 heavy (non-hydrogen) atoms. The molecule has 96 valence electrons. The Labute approximate surface area is 105 Å². The Kier molecular flexibility index (Phi) is 4.00. The molecule has 0 saturated heterocycles. The number of benzene rings is 1. The fourth-order valence-corrected chi connectivity index (χ4v) is 1.72. The molecule has 0 bridgehead atoms. The summed E-state index contributed by atoms with van der Waals surface area (Å²) in [5.41, 5.74) is 8.49. The van der Waals surface area contributed by atoms with E-state index in [0.29, 0.717) is 0 Å². The lowest BCUT2D eigenvalue weighted by molar-refractivity contribution is -0.0000358. The molecule has 2 heteroatoms. The van der Waals surface area contributed by atoms with E-state index in [0.717, 1.165) is 5.56 Å². The fraction of sp³-hybridized carbons (Fsp3) is 0.600. The van der Waals surface area contributed by atoms with Crippen molar-refractivity contribution in [2.24, 2.45) is 5.73 Å². The molecule has 1 rings (SSSR count). The third kappa shape index (κ3) is 3.30. The normalized spacial score (nSPS) is 14.8. The van der Waals surface area contributed by atoms with E-state index >= 15 is 0 Å². The first-order chi connectivity index (χ1) is 7.68. The van der Waals surface area contributed by atoms with E-state index in [-0.39, 0.29) is 17.1 Å². The number of nitrogens with two attached hydrogens (primary N) is 1. The molecule has 0 fully saturated rings. The lowest BCUT2D eigenvalue weighted by atomic mass is 9.85. The van der Waals surface area contributed by atoms with Crippen LogP contribution in [0.4, 0.5) is 0 Å². The molecular weight excluding hydrogens is 210 g/mol. The van der Waals surface area contributed by atoms with Crippen molar-refractivity contribution in [3.05, 3.63) is 35.4 Å². The van der Waals surface area contributed by atoms with Crippen molar-refractivity contribution < 1.29 is 4.74 Å². The molecule has 0 radical (unpaired) electrons. The average molecular weight is 235 g/mol. The summed E-state index contributed by atoms with van der Waals surface area (Å²) in [5.74, 6) is 0. The highest BCUT2D eigenvalue weighted by molar-refractivity contribution is 5.30. The number of ether oxygens (including phenoxy) is 1. The van der Waals surface area contributed by atoms with E-state index in [1.54, 1.807) is 7.11 Å². The zero-order valence-electron chi connectivity index (χ0n) is 11.9. The van der Waals surface area contributed by atoms with Gasteiger partial charge in [0.15, 0.2) is 0 Å². The van der Waals surface area contributed by atoms with Crippen molar-refractivity contribution in [3.63, 3.8) is 0 Å². The largest absolute Gasteiger partial charge is 0.377 e. The van der Waals surface area contributed by atoms with Gasteiger partial charge in [0, 0.05) is 7.11 Å². The highest BCUT2D eigenvalue weighted by Crippen LogP contribution is 2.28. The molecule has 1 atom stereocenters. The van der Waals surface area contributed by atoms with E-state index in [2.05, 4.69) is 45.0 Å². The molecule has 0 aliphatic heterocycles. The second kappa shape index (κ2) is 4.79. The first kappa shape index (κ1) is 14.2. The van der Waals surface area contributed by atoms with Crippen molar-refractivity contribution in [1.82, 2.24) is 0 Å². The monoisotopic (exact) mass is 235 g/mol. The van der Waals surface area contributed by atoms with Gasteiger partial charge in [0.2, 0.25) is 0 Å². The highest BCUT2D eigenvalue weighted by atomic mass is 16.5. The van der Waals surface area contributed by atoms with Crippen LogP contribution in [0, 0.1) is 0 Å². The molecule has 0 spiro atoms. The molecule has 0 saturated carbocycles. The van der Waals surface area contributed by atoms with Crippen LogP contribution >= 0.6 is 0 Å². The molecule has 1 unspecified atom stereocenters. The van der Waals surface area contributed by atoms with E-state index < -0.39 is 0 Å². The van der Waals surface area contributed by atoms with Gasteiger partial charge in [-0.15, -0.1) is 0 Å². The van der Waals surface area contributed by atoms with Crippen LogP contribution in [0.15, 0.2) is 24.3 Å². The van der Waals surface area contributed by atoms with Crippen LogP contribution in [-0.4, -0.2) is 12.7 Å². The van der Waals surface area contributed by atoms with E-state index in [1.165, 1.54) is 5.56 Å². The molecule has 0 amide bonds. The highest BCUT2D eigenvalue weighted by Gasteiger charge is 2.27. The zero-order valence-corrected chi connectivity index (χ0v) is 11.9. The Morgan fingerprint density at radius 2 is 1.47 bits per heavy atom. The fourth-order valence-electron chi connectivity index (χ4n) is 1.72. The molecule has 1 aromatic rings. The molecule has 2 nitrogen and oxygen atoms in total. The van der Waals surface area contributed by atoms with Gasteiger partial charge in [-0.1, -0.05) is 45.0 Å². The maximum Gasteiger partial charge on any atom is 0.0814 e. The second-order valence-corrected chi connectivity index (χ2v) is 6.16. The van der Waals surface area contributed by atoms with Crippen LogP contribution in [-0.2, 0) is 10.2 Å². The summed E-state index contributed by atoms with van der Waals surface area (Å²) >= 11 is 0. The third-order valence-electron chi connectivity index (χ3n) is 3.41. The Morgan fingerprint density at radius 1 is 1.00 bits per heavy atom. The lowest BCUT2D eigenvalue weighted by Gasteiger charge is -2.31. The van der Waals surface area contributed by atoms with Gasteiger partial charge in [-0.3, -0.25) is 0 Å². The van der Waals surface area contributed by atoms with E-state index in [4.69, 9.17) is 10.5 Å². The first-order valence-corrected chi connectivity index (χ1v) is 6.09. The summed E-state index contributed by atoms with van der Waals surface area (Å²) in [7, 11) is 1.70. The summed E-state index contributed by atoms with van der Waals surface area (Å²) in [4.78, 5) is 0. The third-order valence-corrected chi connectivity index (χ3v) is 3.41. The number of hydrogen-bond donors (Lipinski definition) is 1. The number of hydrogen-bond acceptors (Lipinski definition) is 2. The van der Waals surface area contributed by atoms with Crippen LogP contribution in [0.25, 0.3) is 0 Å². The predicted octanol–water partition coefficient (Wildman–Crippen LogP) is 3.41. The SMILES string of the molecule is COC(C)(C)C(N)c1ccc(C(C)(C)C)cc1. The van der Waals surface area contributed by atoms with Gasteiger partial charge < -0.3 is 10.5 Å². The van der Waals surface area contributed by atoms with Crippen molar-refractivity contribution in [2.75, 3.05) is 7.11 Å². The molecule has 0 aliphatic rings. The van der Waals surface area contributed by atoms with Crippen molar-refractivity contribution >= 4 is 0 Å². The molecule has 0 aliphatic carbocycles. The van der Waals surface area contributed by atoms with Crippen LogP contribution in [0.1, 0.15) is 51.8 Å². The topological polar surface area (TPSA) is 35.2 Å². The van der Waals surface area contributed by atoms with Crippen molar-refractivity contribution in [3.8, 4) is 0 Å². The average Bonchev–Trinajstić information content (AvgIpc) is 2.27.